The fourth-order valence-electron chi connectivity index (χ4n) is 2.57. The second kappa shape index (κ2) is 10.9. The third kappa shape index (κ3) is 6.87. The second-order valence-electron chi connectivity index (χ2n) is 6.36. The average molecular weight is 383 g/mol. The minimum absolute atomic E-state index is 0.164. The fraction of sp³-hybridized carbons (Fsp3) is 0.318. The van der Waals surface area contributed by atoms with E-state index in [1.54, 1.807) is 31.2 Å². The maximum absolute atomic E-state index is 12.2. The molecule has 1 amide bonds. The Morgan fingerprint density at radius 2 is 1.57 bits per heavy atom. The van der Waals surface area contributed by atoms with Gasteiger partial charge in [-0.2, -0.15) is 0 Å². The zero-order valence-electron chi connectivity index (χ0n) is 16.1. The number of benzene rings is 2. The Kier molecular flexibility index (Phi) is 8.21. The molecule has 0 aromatic heterocycles. The average Bonchev–Trinajstić information content (AvgIpc) is 2.71. The molecule has 0 bridgehead atoms. The summed E-state index contributed by atoms with van der Waals surface area (Å²) in [5.74, 6) is -0.763. The Labute approximate surface area is 164 Å². The number of hydrogen-bond acceptors (Lipinski definition) is 5. The molecule has 148 valence electrons. The van der Waals surface area contributed by atoms with E-state index in [0.717, 1.165) is 5.56 Å². The van der Waals surface area contributed by atoms with E-state index in [1.165, 1.54) is 6.92 Å². The van der Waals surface area contributed by atoms with Crippen molar-refractivity contribution in [2.45, 2.75) is 38.8 Å². The van der Waals surface area contributed by atoms with Crippen LogP contribution in [0.3, 0.4) is 0 Å². The predicted molar refractivity (Wildman–Crippen MR) is 105 cm³/mol. The lowest BCUT2D eigenvalue weighted by Gasteiger charge is -2.18. The number of carbonyl (C=O) groups is 3. The Balaban J connectivity index is 1.85. The van der Waals surface area contributed by atoms with Gasteiger partial charge < -0.3 is 14.8 Å². The summed E-state index contributed by atoms with van der Waals surface area (Å²) in [7, 11) is 0. The van der Waals surface area contributed by atoms with Crippen molar-refractivity contribution in [1.82, 2.24) is 5.32 Å². The van der Waals surface area contributed by atoms with Crippen LogP contribution < -0.4 is 10.1 Å². The van der Waals surface area contributed by atoms with Crippen LogP contribution in [0.4, 0.5) is 0 Å². The Bertz CT molecular complexity index is 776. The lowest BCUT2D eigenvalue weighted by Crippen LogP contribution is -2.43. The number of para-hydroxylation sites is 1. The van der Waals surface area contributed by atoms with Crippen molar-refractivity contribution in [3.05, 3.63) is 66.2 Å². The molecule has 0 unspecified atom stereocenters. The first-order valence-corrected chi connectivity index (χ1v) is 9.21. The highest BCUT2D eigenvalue weighted by Gasteiger charge is 2.23. The molecule has 0 aliphatic rings. The van der Waals surface area contributed by atoms with Gasteiger partial charge in [0, 0.05) is 0 Å². The van der Waals surface area contributed by atoms with Crippen LogP contribution in [0.25, 0.3) is 0 Å². The van der Waals surface area contributed by atoms with Gasteiger partial charge in [0.1, 0.15) is 5.75 Å². The summed E-state index contributed by atoms with van der Waals surface area (Å²) in [5.41, 5.74) is 0.933. The normalized spacial score (nSPS) is 12.5. The van der Waals surface area contributed by atoms with Gasteiger partial charge in [0.25, 0.3) is 5.91 Å². The number of carbonyl (C=O) groups excluding carboxylic acids is 3. The van der Waals surface area contributed by atoms with Crippen LogP contribution in [0.2, 0.25) is 0 Å². The summed E-state index contributed by atoms with van der Waals surface area (Å²) in [6.07, 6.45) is -0.0209. The lowest BCUT2D eigenvalue weighted by atomic mass is 10.0. The highest BCUT2D eigenvalue weighted by atomic mass is 16.6. The van der Waals surface area contributed by atoms with Gasteiger partial charge in [-0.05, 0) is 37.5 Å². The Morgan fingerprint density at radius 3 is 2.14 bits per heavy atom. The van der Waals surface area contributed by atoms with E-state index in [4.69, 9.17) is 9.47 Å². The van der Waals surface area contributed by atoms with E-state index in [9.17, 15) is 14.4 Å². The molecule has 2 atom stereocenters. The molecule has 0 radical (unpaired) electrons. The first-order valence-electron chi connectivity index (χ1n) is 9.21. The number of Topliss-reactive ketones (excluding diaryl/α,β-unsaturated/α-hetero) is 1. The number of esters is 1. The van der Waals surface area contributed by atoms with Crippen LogP contribution in [-0.4, -0.2) is 36.4 Å². The second-order valence-corrected chi connectivity index (χ2v) is 6.36. The molecule has 28 heavy (non-hydrogen) atoms. The molecule has 0 saturated carbocycles. The summed E-state index contributed by atoms with van der Waals surface area (Å²) < 4.78 is 10.7. The minimum atomic E-state index is -0.803. The summed E-state index contributed by atoms with van der Waals surface area (Å²) in [5, 5.41) is 2.62. The first kappa shape index (κ1) is 21.2. The Hall–Kier alpha value is -3.15. The molecule has 0 fully saturated rings. The monoisotopic (exact) mass is 383 g/mol. The quantitative estimate of drug-likeness (QED) is 0.638. The van der Waals surface area contributed by atoms with Gasteiger partial charge in [-0.3, -0.25) is 9.59 Å². The zero-order chi connectivity index (χ0) is 20.4. The fourth-order valence-corrected chi connectivity index (χ4v) is 2.57. The molecule has 2 aromatic rings. The van der Waals surface area contributed by atoms with Crippen LogP contribution in [0.1, 0.15) is 25.8 Å². The number of hydrogen-bond donors (Lipinski definition) is 1. The molecule has 0 heterocycles. The van der Waals surface area contributed by atoms with E-state index in [1.807, 2.05) is 36.4 Å². The van der Waals surface area contributed by atoms with Gasteiger partial charge in [0.15, 0.2) is 18.5 Å². The molecule has 6 heteroatoms. The minimum Gasteiger partial charge on any atom is -0.479 e. The Morgan fingerprint density at radius 1 is 0.964 bits per heavy atom. The van der Waals surface area contributed by atoms with Crippen LogP contribution in [0.5, 0.6) is 5.75 Å². The molecule has 1 N–H and O–H groups in total. The number of ketones is 1. The van der Waals surface area contributed by atoms with Crippen LogP contribution in [-0.2, 0) is 25.5 Å². The van der Waals surface area contributed by atoms with Crippen molar-refractivity contribution in [3.63, 3.8) is 0 Å². The smallest absolute Gasteiger partial charge is 0.347 e. The van der Waals surface area contributed by atoms with Gasteiger partial charge in [-0.1, -0.05) is 55.5 Å². The van der Waals surface area contributed by atoms with Crippen LogP contribution in [0, 0.1) is 0 Å². The number of rotatable bonds is 10. The molecule has 0 spiro atoms. The van der Waals surface area contributed by atoms with Crippen molar-refractivity contribution in [2.24, 2.45) is 0 Å². The largest absolute Gasteiger partial charge is 0.479 e. The van der Waals surface area contributed by atoms with Crippen LogP contribution >= 0.6 is 0 Å². The summed E-state index contributed by atoms with van der Waals surface area (Å²) in [6, 6.07) is 17.6. The standard InChI is InChI=1S/C22H25NO5/c1-3-20(28-18-12-8-5-9-13-18)22(26)27-15-21(25)23-19(16(2)24)14-17-10-6-4-7-11-17/h4-13,19-20H,3,14-15H2,1-2H3,(H,23,25)/t19-,20+/m1/s1. The summed E-state index contributed by atoms with van der Waals surface area (Å²) >= 11 is 0. The van der Waals surface area contributed by atoms with Gasteiger partial charge in [-0.15, -0.1) is 0 Å². The number of nitrogens with one attached hydrogen (secondary N) is 1. The predicted octanol–water partition coefficient (Wildman–Crippen LogP) is 2.70. The molecular weight excluding hydrogens is 358 g/mol. The third-order valence-electron chi connectivity index (χ3n) is 4.11. The summed E-state index contributed by atoms with van der Waals surface area (Å²) in [6.45, 7) is 2.74. The molecule has 2 aromatic carbocycles. The molecular formula is C22H25NO5. The van der Waals surface area contributed by atoms with E-state index in [2.05, 4.69) is 5.32 Å². The van der Waals surface area contributed by atoms with Crippen molar-refractivity contribution in [1.29, 1.82) is 0 Å². The first-order chi connectivity index (χ1) is 13.5. The van der Waals surface area contributed by atoms with Gasteiger partial charge >= 0.3 is 5.97 Å². The van der Waals surface area contributed by atoms with Crippen molar-refractivity contribution in [3.8, 4) is 5.75 Å². The highest BCUT2D eigenvalue weighted by molar-refractivity contribution is 5.89. The topological polar surface area (TPSA) is 81.7 Å². The third-order valence-corrected chi connectivity index (χ3v) is 4.11. The molecule has 0 aliphatic heterocycles. The van der Waals surface area contributed by atoms with Crippen LogP contribution in [0.15, 0.2) is 60.7 Å². The van der Waals surface area contributed by atoms with Crippen molar-refractivity contribution >= 4 is 17.7 Å². The van der Waals surface area contributed by atoms with Gasteiger partial charge in [0.2, 0.25) is 0 Å². The molecule has 6 nitrogen and oxygen atoms in total. The summed E-state index contributed by atoms with van der Waals surface area (Å²) in [4.78, 5) is 36.2. The molecule has 0 saturated heterocycles. The number of ether oxygens (including phenoxy) is 2. The molecule has 0 aliphatic carbocycles. The number of amides is 1. The maximum Gasteiger partial charge on any atom is 0.347 e. The van der Waals surface area contributed by atoms with Gasteiger partial charge in [-0.25, -0.2) is 4.79 Å². The van der Waals surface area contributed by atoms with E-state index in [-0.39, 0.29) is 5.78 Å². The van der Waals surface area contributed by atoms with Crippen molar-refractivity contribution in [2.75, 3.05) is 6.61 Å². The SMILES string of the molecule is CC[C@H](Oc1ccccc1)C(=O)OCC(=O)N[C@H](Cc1ccccc1)C(C)=O. The van der Waals surface area contributed by atoms with E-state index < -0.39 is 30.6 Å². The zero-order valence-corrected chi connectivity index (χ0v) is 16.1. The van der Waals surface area contributed by atoms with Gasteiger partial charge in [0.05, 0.1) is 6.04 Å². The van der Waals surface area contributed by atoms with E-state index >= 15 is 0 Å². The van der Waals surface area contributed by atoms with Crippen molar-refractivity contribution < 1.29 is 23.9 Å². The highest BCUT2D eigenvalue weighted by Crippen LogP contribution is 2.13. The van der Waals surface area contributed by atoms with E-state index in [0.29, 0.717) is 18.6 Å². The maximum atomic E-state index is 12.2. The molecule has 2 rings (SSSR count). The lowest BCUT2D eigenvalue weighted by molar-refractivity contribution is -0.155.